The van der Waals surface area contributed by atoms with Crippen molar-refractivity contribution in [3.63, 3.8) is 0 Å². The summed E-state index contributed by atoms with van der Waals surface area (Å²) in [6.45, 7) is 6.07. The van der Waals surface area contributed by atoms with E-state index in [1.54, 1.807) is 23.1 Å². The van der Waals surface area contributed by atoms with Gasteiger partial charge >= 0.3 is 0 Å². The molecule has 190 valence electrons. The average molecular weight is 572 g/mol. The molecule has 0 aliphatic carbocycles. The number of hydrogen-bond acceptors (Lipinski definition) is 3. The number of benzene rings is 3. The maximum atomic E-state index is 13.7. The lowest BCUT2D eigenvalue weighted by atomic mass is 10.0. The number of nitrogens with one attached hydrogen (secondary N) is 1. The van der Waals surface area contributed by atoms with Gasteiger partial charge in [-0.25, -0.2) is 0 Å². The maximum Gasteiger partial charge on any atom is 0.261 e. The molecule has 2 amide bonds. The molecule has 0 saturated carbocycles. The van der Waals surface area contributed by atoms with Gasteiger partial charge in [0.25, 0.3) is 5.91 Å². The maximum absolute atomic E-state index is 13.7. The summed E-state index contributed by atoms with van der Waals surface area (Å²) in [5.74, 6) is 0.0513. The Kier molecular flexibility index (Phi) is 10.4. The van der Waals surface area contributed by atoms with Crippen molar-refractivity contribution in [1.82, 2.24) is 10.2 Å². The average Bonchev–Trinajstić information content (AvgIpc) is 2.87. The van der Waals surface area contributed by atoms with Crippen molar-refractivity contribution in [3.05, 3.63) is 99.0 Å². The summed E-state index contributed by atoms with van der Waals surface area (Å²) >= 11 is 9.47. The van der Waals surface area contributed by atoms with E-state index in [1.165, 1.54) is 0 Å². The zero-order chi connectivity index (χ0) is 26.1. The Hall–Kier alpha value is -2.83. The van der Waals surface area contributed by atoms with Crippen LogP contribution in [0.3, 0.4) is 0 Å². The van der Waals surface area contributed by atoms with Crippen molar-refractivity contribution in [1.29, 1.82) is 0 Å². The lowest BCUT2D eigenvalue weighted by Gasteiger charge is -2.32. The van der Waals surface area contributed by atoms with Crippen LogP contribution in [0.5, 0.6) is 5.75 Å². The van der Waals surface area contributed by atoms with Crippen LogP contribution in [0, 0.1) is 6.92 Å². The van der Waals surface area contributed by atoms with Gasteiger partial charge in [-0.1, -0.05) is 73.1 Å². The Bertz CT molecular complexity index is 1170. The summed E-state index contributed by atoms with van der Waals surface area (Å²) < 4.78 is 6.51. The fraction of sp³-hybridized carbons (Fsp3) is 0.310. The van der Waals surface area contributed by atoms with Crippen molar-refractivity contribution in [2.45, 2.75) is 52.2 Å². The van der Waals surface area contributed by atoms with E-state index in [0.717, 1.165) is 23.1 Å². The third kappa shape index (κ3) is 7.84. The van der Waals surface area contributed by atoms with Gasteiger partial charge in [-0.3, -0.25) is 9.59 Å². The largest absolute Gasteiger partial charge is 0.483 e. The van der Waals surface area contributed by atoms with E-state index >= 15 is 0 Å². The second kappa shape index (κ2) is 13.5. The molecule has 36 heavy (non-hydrogen) atoms. The van der Waals surface area contributed by atoms with Gasteiger partial charge in [-0.15, -0.1) is 0 Å². The third-order valence-corrected chi connectivity index (χ3v) is 6.97. The van der Waals surface area contributed by atoms with Gasteiger partial charge in [0.1, 0.15) is 11.8 Å². The first-order valence-corrected chi connectivity index (χ1v) is 13.2. The van der Waals surface area contributed by atoms with Crippen LogP contribution in [-0.2, 0) is 22.6 Å². The molecular weight excluding hydrogens is 540 g/mol. The highest BCUT2D eigenvalue weighted by molar-refractivity contribution is 9.10. The number of amides is 2. The van der Waals surface area contributed by atoms with Gasteiger partial charge in [-0.2, -0.15) is 0 Å². The highest BCUT2D eigenvalue weighted by Crippen LogP contribution is 2.28. The number of rotatable bonds is 11. The van der Waals surface area contributed by atoms with Crippen LogP contribution in [0.4, 0.5) is 0 Å². The normalized spacial score (nSPS) is 12.5. The standard InChI is InChI=1S/C29H32BrClN2O3/c1-4-21(3)32-29(35)26(16-22-11-6-5-7-12-22)33(18-23-13-9-8-10-20(23)2)28(34)19-36-27-15-14-24(31)17-25(27)30/h5-15,17,21,26H,4,16,18-19H2,1-3H3,(H,32,35)/t21-,26-/m0/s1. The van der Waals surface area contributed by atoms with Crippen molar-refractivity contribution < 1.29 is 14.3 Å². The van der Waals surface area contributed by atoms with E-state index in [-0.39, 0.29) is 24.5 Å². The minimum absolute atomic E-state index is 0.00698. The molecule has 7 heteroatoms. The summed E-state index contributed by atoms with van der Waals surface area (Å²) in [6.07, 6.45) is 1.19. The fourth-order valence-corrected chi connectivity index (χ4v) is 4.58. The molecule has 0 fully saturated rings. The molecule has 0 saturated heterocycles. The minimum atomic E-state index is -0.703. The molecule has 0 aliphatic heterocycles. The number of halogens is 2. The molecule has 0 unspecified atom stereocenters. The molecule has 1 N–H and O–H groups in total. The number of hydrogen-bond donors (Lipinski definition) is 1. The zero-order valence-corrected chi connectivity index (χ0v) is 23.2. The SMILES string of the molecule is CC[C@H](C)NC(=O)[C@H](Cc1ccccc1)N(Cc1ccccc1C)C(=O)COc1ccc(Cl)cc1Br. The van der Waals surface area contributed by atoms with Crippen LogP contribution in [0.25, 0.3) is 0 Å². The second-order valence-electron chi connectivity index (χ2n) is 8.83. The van der Waals surface area contributed by atoms with E-state index in [2.05, 4.69) is 21.2 Å². The van der Waals surface area contributed by atoms with Crippen molar-refractivity contribution in [3.8, 4) is 5.75 Å². The molecule has 0 heterocycles. The highest BCUT2D eigenvalue weighted by atomic mass is 79.9. The molecule has 0 bridgehead atoms. The summed E-state index contributed by atoms with van der Waals surface area (Å²) in [7, 11) is 0. The van der Waals surface area contributed by atoms with E-state index < -0.39 is 6.04 Å². The second-order valence-corrected chi connectivity index (χ2v) is 10.1. The van der Waals surface area contributed by atoms with Crippen LogP contribution in [0.1, 0.15) is 37.0 Å². The van der Waals surface area contributed by atoms with Gasteiger partial charge < -0.3 is 15.0 Å². The molecule has 0 aliphatic rings. The van der Waals surface area contributed by atoms with Gasteiger partial charge in [0, 0.05) is 24.0 Å². The lowest BCUT2D eigenvalue weighted by Crippen LogP contribution is -2.53. The first-order chi connectivity index (χ1) is 17.3. The first kappa shape index (κ1) is 27.8. The van der Waals surface area contributed by atoms with Crippen molar-refractivity contribution in [2.24, 2.45) is 0 Å². The quantitative estimate of drug-likeness (QED) is 0.292. The predicted octanol–water partition coefficient (Wildman–Crippen LogP) is 6.34. The third-order valence-electron chi connectivity index (χ3n) is 6.12. The minimum Gasteiger partial charge on any atom is -0.483 e. The van der Waals surface area contributed by atoms with Crippen LogP contribution >= 0.6 is 27.5 Å². The number of aryl methyl sites for hydroxylation is 1. The van der Waals surface area contributed by atoms with Crippen LogP contribution < -0.4 is 10.1 Å². The molecule has 5 nitrogen and oxygen atoms in total. The van der Waals surface area contributed by atoms with Crippen molar-refractivity contribution in [2.75, 3.05) is 6.61 Å². The molecule has 2 atom stereocenters. The molecule has 0 aromatic heterocycles. The number of carbonyl (C=O) groups is 2. The van der Waals surface area contributed by atoms with E-state index in [9.17, 15) is 9.59 Å². The number of nitrogens with zero attached hydrogens (tertiary/aromatic N) is 1. The Labute approximate surface area is 226 Å². The predicted molar refractivity (Wildman–Crippen MR) is 148 cm³/mol. The van der Waals surface area contributed by atoms with Crippen molar-refractivity contribution >= 4 is 39.3 Å². The monoisotopic (exact) mass is 570 g/mol. The molecule has 0 spiro atoms. The van der Waals surface area contributed by atoms with Gasteiger partial charge in [0.15, 0.2) is 6.61 Å². The van der Waals surface area contributed by atoms with E-state index in [0.29, 0.717) is 28.2 Å². The highest BCUT2D eigenvalue weighted by Gasteiger charge is 2.31. The zero-order valence-electron chi connectivity index (χ0n) is 20.8. The molecule has 3 aromatic rings. The Morgan fingerprint density at radius 2 is 1.75 bits per heavy atom. The molecular formula is C29H32BrClN2O3. The smallest absolute Gasteiger partial charge is 0.261 e. The van der Waals surface area contributed by atoms with E-state index in [1.807, 2.05) is 75.4 Å². The molecule has 0 radical (unpaired) electrons. The van der Waals surface area contributed by atoms with Crippen LogP contribution in [0.2, 0.25) is 5.02 Å². The number of carbonyl (C=O) groups excluding carboxylic acids is 2. The Balaban J connectivity index is 1.93. The summed E-state index contributed by atoms with van der Waals surface area (Å²) in [6, 6.07) is 22.1. The summed E-state index contributed by atoms with van der Waals surface area (Å²) in [5, 5.41) is 3.64. The van der Waals surface area contributed by atoms with Gasteiger partial charge in [-0.05, 0) is 71.1 Å². The number of ether oxygens (including phenoxy) is 1. The van der Waals surface area contributed by atoms with E-state index in [4.69, 9.17) is 16.3 Å². The molecule has 3 aromatic carbocycles. The first-order valence-electron chi connectivity index (χ1n) is 12.0. The summed E-state index contributed by atoms with van der Waals surface area (Å²) in [5.41, 5.74) is 3.01. The Morgan fingerprint density at radius 1 is 1.06 bits per heavy atom. The Morgan fingerprint density at radius 3 is 2.42 bits per heavy atom. The lowest BCUT2D eigenvalue weighted by molar-refractivity contribution is -0.143. The van der Waals surface area contributed by atoms with Crippen LogP contribution in [0.15, 0.2) is 77.3 Å². The topological polar surface area (TPSA) is 58.6 Å². The van der Waals surface area contributed by atoms with Crippen LogP contribution in [-0.4, -0.2) is 35.4 Å². The molecule has 3 rings (SSSR count). The summed E-state index contributed by atoms with van der Waals surface area (Å²) in [4.78, 5) is 28.9. The fourth-order valence-electron chi connectivity index (χ4n) is 3.78. The van der Waals surface area contributed by atoms with Gasteiger partial charge in [0.05, 0.1) is 4.47 Å². The van der Waals surface area contributed by atoms with Gasteiger partial charge in [0.2, 0.25) is 5.91 Å².